The summed E-state index contributed by atoms with van der Waals surface area (Å²) < 4.78 is 31.0. The lowest BCUT2D eigenvalue weighted by atomic mass is 10.1. The molecule has 1 aliphatic rings. The summed E-state index contributed by atoms with van der Waals surface area (Å²) >= 11 is 0. The number of sulfone groups is 1. The fraction of sp³-hybridized carbons (Fsp3) is 0.304. The smallest absolute Gasteiger partial charge is 0.271 e. The number of carbonyl (C=O) groups excluding carboxylic acids is 1. The first-order chi connectivity index (χ1) is 14.9. The number of methoxy groups -OCH3 is 1. The Morgan fingerprint density at radius 3 is 2.55 bits per heavy atom. The Morgan fingerprint density at radius 1 is 1.16 bits per heavy atom. The van der Waals surface area contributed by atoms with E-state index in [0.717, 1.165) is 29.0 Å². The lowest BCUT2D eigenvalue weighted by Gasteiger charge is -2.13. The molecule has 1 N–H and O–H groups in total. The van der Waals surface area contributed by atoms with Crippen molar-refractivity contribution in [3.63, 3.8) is 0 Å². The second kappa shape index (κ2) is 8.93. The zero-order valence-electron chi connectivity index (χ0n) is 17.3. The highest BCUT2D eigenvalue weighted by Crippen LogP contribution is 2.31. The summed E-state index contributed by atoms with van der Waals surface area (Å²) in [7, 11) is -1.49. The molecular formula is C23H25N3O4S. The molecule has 1 aliphatic heterocycles. The van der Waals surface area contributed by atoms with Crippen LogP contribution in [0.1, 0.15) is 28.5 Å². The van der Waals surface area contributed by atoms with Crippen LogP contribution in [0.4, 0.5) is 0 Å². The van der Waals surface area contributed by atoms with Gasteiger partial charge in [-0.3, -0.25) is 9.48 Å². The van der Waals surface area contributed by atoms with Crippen LogP contribution in [-0.2, 0) is 16.3 Å². The second-order valence-electron chi connectivity index (χ2n) is 7.64. The first-order valence-corrected chi connectivity index (χ1v) is 12.0. The van der Waals surface area contributed by atoms with E-state index in [1.165, 1.54) is 0 Å². The average molecular weight is 440 g/mol. The third-order valence-electron chi connectivity index (χ3n) is 5.45. The van der Waals surface area contributed by atoms with Gasteiger partial charge in [0.15, 0.2) is 15.5 Å². The van der Waals surface area contributed by atoms with Crippen molar-refractivity contribution in [3.8, 4) is 17.0 Å². The molecule has 0 unspecified atom stereocenters. The van der Waals surface area contributed by atoms with Crippen molar-refractivity contribution in [3.05, 3.63) is 71.9 Å². The van der Waals surface area contributed by atoms with Crippen LogP contribution in [0.3, 0.4) is 0 Å². The van der Waals surface area contributed by atoms with E-state index in [1.54, 1.807) is 17.9 Å². The van der Waals surface area contributed by atoms with Gasteiger partial charge in [0, 0.05) is 12.1 Å². The minimum absolute atomic E-state index is 0.0346. The first kappa shape index (κ1) is 21.1. The zero-order valence-corrected chi connectivity index (χ0v) is 18.1. The van der Waals surface area contributed by atoms with Gasteiger partial charge in [0.05, 0.1) is 30.4 Å². The Kier molecular flexibility index (Phi) is 6.08. The number of hydrogen-bond donors (Lipinski definition) is 1. The van der Waals surface area contributed by atoms with Gasteiger partial charge in [-0.1, -0.05) is 30.3 Å². The van der Waals surface area contributed by atoms with Crippen LogP contribution in [0.5, 0.6) is 5.75 Å². The van der Waals surface area contributed by atoms with E-state index >= 15 is 0 Å². The normalized spacial score (nSPS) is 17.4. The maximum atomic E-state index is 12.7. The number of nitrogens with one attached hydrogen (secondary N) is 1. The Bertz CT molecular complexity index is 1160. The van der Waals surface area contributed by atoms with Gasteiger partial charge in [-0.2, -0.15) is 5.10 Å². The molecule has 1 atom stereocenters. The molecule has 7 nitrogen and oxygen atoms in total. The zero-order chi connectivity index (χ0) is 21.8. The van der Waals surface area contributed by atoms with Crippen LogP contribution in [0.15, 0.2) is 60.7 Å². The molecule has 0 aliphatic carbocycles. The van der Waals surface area contributed by atoms with Crippen molar-refractivity contribution in [2.24, 2.45) is 0 Å². The van der Waals surface area contributed by atoms with E-state index in [4.69, 9.17) is 4.74 Å². The van der Waals surface area contributed by atoms with Crippen LogP contribution in [0, 0.1) is 0 Å². The number of aromatic nitrogens is 2. The number of amides is 1. The maximum absolute atomic E-state index is 12.7. The van der Waals surface area contributed by atoms with E-state index in [2.05, 4.69) is 10.4 Å². The van der Waals surface area contributed by atoms with Crippen molar-refractivity contribution in [1.29, 1.82) is 0 Å². The Labute approximate surface area is 182 Å². The standard InChI is InChI=1S/C23H25N3O4S/c1-30-20-9-7-18(8-10-20)22-15-21(25-26(22)19-12-14-31(28,29)16-19)23(27)24-13-11-17-5-3-2-4-6-17/h2-10,15,19H,11-14,16H2,1H3,(H,24,27)/t19-/m1/s1. The quantitative estimate of drug-likeness (QED) is 0.611. The molecular weight excluding hydrogens is 414 g/mol. The number of rotatable bonds is 7. The molecule has 1 amide bonds. The number of carbonyl (C=O) groups is 1. The van der Waals surface area contributed by atoms with Crippen molar-refractivity contribution in [2.45, 2.75) is 18.9 Å². The molecule has 3 aromatic rings. The van der Waals surface area contributed by atoms with Crippen LogP contribution >= 0.6 is 0 Å². The van der Waals surface area contributed by atoms with E-state index in [-0.39, 0.29) is 29.1 Å². The fourth-order valence-electron chi connectivity index (χ4n) is 3.79. The number of nitrogens with zero attached hydrogens (tertiary/aromatic N) is 2. The van der Waals surface area contributed by atoms with Gasteiger partial charge in [-0.05, 0) is 48.7 Å². The third-order valence-corrected chi connectivity index (χ3v) is 7.20. The van der Waals surface area contributed by atoms with Gasteiger partial charge in [0.1, 0.15) is 5.75 Å². The fourth-order valence-corrected chi connectivity index (χ4v) is 5.48. The molecule has 4 rings (SSSR count). The molecule has 0 spiro atoms. The topological polar surface area (TPSA) is 90.3 Å². The van der Waals surface area contributed by atoms with Gasteiger partial charge in [0.25, 0.3) is 5.91 Å². The number of benzene rings is 2. The van der Waals surface area contributed by atoms with Crippen molar-refractivity contribution in [2.75, 3.05) is 25.2 Å². The Morgan fingerprint density at radius 2 is 1.90 bits per heavy atom. The van der Waals surface area contributed by atoms with Crippen LogP contribution in [0.25, 0.3) is 11.3 Å². The Balaban J connectivity index is 1.57. The molecule has 2 heterocycles. The predicted molar refractivity (Wildman–Crippen MR) is 119 cm³/mol. The van der Waals surface area contributed by atoms with E-state index in [0.29, 0.717) is 13.0 Å². The SMILES string of the molecule is COc1ccc(-c2cc(C(=O)NCCc3ccccc3)nn2[C@@H]2CCS(=O)(=O)C2)cc1. The van der Waals surface area contributed by atoms with Crippen molar-refractivity contribution < 1.29 is 17.9 Å². The van der Waals surface area contributed by atoms with Crippen molar-refractivity contribution >= 4 is 15.7 Å². The molecule has 1 saturated heterocycles. The summed E-state index contributed by atoms with van der Waals surface area (Å²) in [5, 5.41) is 7.42. The first-order valence-electron chi connectivity index (χ1n) is 10.2. The summed E-state index contributed by atoms with van der Waals surface area (Å²) in [4.78, 5) is 12.7. The lowest BCUT2D eigenvalue weighted by Crippen LogP contribution is -2.26. The number of hydrogen-bond acceptors (Lipinski definition) is 5. The maximum Gasteiger partial charge on any atom is 0.271 e. The molecule has 1 fully saturated rings. The molecule has 0 radical (unpaired) electrons. The van der Waals surface area contributed by atoms with Gasteiger partial charge in [-0.25, -0.2) is 8.42 Å². The van der Waals surface area contributed by atoms with Gasteiger partial charge in [0.2, 0.25) is 0 Å². The third kappa shape index (κ3) is 4.96. The van der Waals surface area contributed by atoms with E-state index in [9.17, 15) is 13.2 Å². The summed E-state index contributed by atoms with van der Waals surface area (Å²) in [5.74, 6) is 0.618. The van der Waals surface area contributed by atoms with Gasteiger partial charge in [-0.15, -0.1) is 0 Å². The molecule has 0 bridgehead atoms. The molecule has 2 aromatic carbocycles. The molecule has 1 aromatic heterocycles. The largest absolute Gasteiger partial charge is 0.497 e. The summed E-state index contributed by atoms with van der Waals surface area (Å²) in [6.45, 7) is 0.491. The minimum Gasteiger partial charge on any atom is -0.497 e. The summed E-state index contributed by atoms with van der Waals surface area (Å²) in [6, 6.07) is 18.8. The monoisotopic (exact) mass is 439 g/mol. The van der Waals surface area contributed by atoms with Gasteiger partial charge >= 0.3 is 0 Å². The highest BCUT2D eigenvalue weighted by molar-refractivity contribution is 7.91. The van der Waals surface area contributed by atoms with E-state index in [1.807, 2.05) is 54.6 Å². The van der Waals surface area contributed by atoms with Crippen molar-refractivity contribution in [1.82, 2.24) is 15.1 Å². The average Bonchev–Trinajstić information content (AvgIpc) is 3.38. The highest BCUT2D eigenvalue weighted by atomic mass is 32.2. The number of ether oxygens (including phenoxy) is 1. The summed E-state index contributed by atoms with van der Waals surface area (Å²) in [5.41, 5.74) is 2.99. The molecule has 162 valence electrons. The van der Waals surface area contributed by atoms with E-state index < -0.39 is 9.84 Å². The molecule has 8 heteroatoms. The summed E-state index contributed by atoms with van der Waals surface area (Å²) in [6.07, 6.45) is 1.21. The van der Waals surface area contributed by atoms with Gasteiger partial charge < -0.3 is 10.1 Å². The van der Waals surface area contributed by atoms with Crippen LogP contribution < -0.4 is 10.1 Å². The van der Waals surface area contributed by atoms with Crippen LogP contribution in [0.2, 0.25) is 0 Å². The molecule has 0 saturated carbocycles. The van der Waals surface area contributed by atoms with Crippen LogP contribution in [-0.4, -0.2) is 49.3 Å². The molecule has 31 heavy (non-hydrogen) atoms. The highest BCUT2D eigenvalue weighted by Gasteiger charge is 2.32. The Hall–Kier alpha value is -3.13. The second-order valence-corrected chi connectivity index (χ2v) is 9.86. The lowest BCUT2D eigenvalue weighted by molar-refractivity contribution is 0.0948. The minimum atomic E-state index is -3.09. The predicted octanol–water partition coefficient (Wildman–Crippen LogP) is 2.89.